The summed E-state index contributed by atoms with van der Waals surface area (Å²) in [6.07, 6.45) is 3.11. The maximum Gasteiger partial charge on any atom is 0.411 e. The summed E-state index contributed by atoms with van der Waals surface area (Å²) in [5.41, 5.74) is 7.44. The summed E-state index contributed by atoms with van der Waals surface area (Å²) in [5, 5.41) is 2.48. The molecule has 0 saturated carbocycles. The molecule has 0 spiro atoms. The summed E-state index contributed by atoms with van der Waals surface area (Å²) in [4.78, 5) is 4.69. The average molecular weight is 385 g/mol. The molecule has 3 aromatic carbocycles. The largest absolute Gasteiger partial charge is 0.476 e. The molecule has 0 fully saturated rings. The zero-order valence-corrected chi connectivity index (χ0v) is 18.3. The number of rotatable bonds is 8. The number of benzene rings is 3. The van der Waals surface area contributed by atoms with Gasteiger partial charge in [0.05, 0.1) is 5.69 Å². The summed E-state index contributed by atoms with van der Waals surface area (Å²) in [5.74, 6) is 0. The van der Waals surface area contributed by atoms with E-state index in [1.54, 1.807) is 0 Å². The van der Waals surface area contributed by atoms with Crippen LogP contribution < -0.4 is 4.30 Å². The number of aryl methyl sites for hydroxylation is 3. The molecule has 0 aliphatic rings. The Kier molecular flexibility index (Phi) is 7.48. The van der Waals surface area contributed by atoms with Crippen LogP contribution in [0.15, 0.2) is 77.8 Å². The number of hydrogen-bond acceptors (Lipinski definition) is 2. The summed E-state index contributed by atoms with van der Waals surface area (Å²) in [6, 6.07) is 25.7. The van der Waals surface area contributed by atoms with Crippen molar-refractivity contribution >= 4 is 32.0 Å². The van der Waals surface area contributed by atoms with Crippen molar-refractivity contribution in [3.8, 4) is 0 Å². The third-order valence-corrected chi connectivity index (χ3v) is 7.77. The van der Waals surface area contributed by atoms with Gasteiger partial charge in [-0.3, -0.25) is 4.99 Å². The van der Waals surface area contributed by atoms with Gasteiger partial charge in [-0.25, -0.2) is 0 Å². The molecule has 3 heteroatoms. The van der Waals surface area contributed by atoms with Crippen molar-refractivity contribution in [2.45, 2.75) is 37.8 Å². The Morgan fingerprint density at radius 3 is 2.39 bits per heavy atom. The van der Waals surface area contributed by atoms with Gasteiger partial charge in [-0.1, -0.05) is 66.0 Å². The van der Waals surface area contributed by atoms with Gasteiger partial charge in [0.25, 0.3) is 0 Å². The van der Waals surface area contributed by atoms with Gasteiger partial charge < -0.3 is 4.30 Å². The predicted octanol–water partition coefficient (Wildman–Crippen LogP) is 6.72. The SMILES string of the molecule is C[CH2][Al]([CH2]Cc1ccccc1C=Nc1cccc(C)c1)[NH]c1cccc(C)c1. The highest BCUT2D eigenvalue weighted by Gasteiger charge is 2.17. The summed E-state index contributed by atoms with van der Waals surface area (Å²) >= 11 is -1.03. The zero-order valence-electron chi connectivity index (χ0n) is 17.2. The van der Waals surface area contributed by atoms with E-state index in [1.165, 1.54) is 38.5 Å². The summed E-state index contributed by atoms with van der Waals surface area (Å²) < 4.78 is 3.83. The molecule has 0 heterocycles. The number of nitrogens with one attached hydrogen (secondary N) is 1. The quantitative estimate of drug-likeness (QED) is 0.338. The van der Waals surface area contributed by atoms with Gasteiger partial charge in [-0.05, 0) is 66.8 Å². The second kappa shape index (κ2) is 10.3. The number of anilines is 1. The lowest BCUT2D eigenvalue weighted by Crippen LogP contribution is -2.24. The van der Waals surface area contributed by atoms with Gasteiger partial charge in [-0.15, -0.1) is 0 Å². The van der Waals surface area contributed by atoms with Gasteiger partial charge in [0.1, 0.15) is 0 Å². The van der Waals surface area contributed by atoms with Gasteiger partial charge in [-0.2, -0.15) is 0 Å². The summed E-state index contributed by atoms with van der Waals surface area (Å²) in [7, 11) is 0. The first-order valence-corrected chi connectivity index (χ1v) is 12.4. The highest BCUT2D eigenvalue weighted by atomic mass is 27.2. The van der Waals surface area contributed by atoms with Gasteiger partial charge in [0.2, 0.25) is 0 Å². The Bertz CT molecular complexity index is 933. The molecule has 1 N–H and O–H groups in total. The van der Waals surface area contributed by atoms with E-state index in [9.17, 15) is 0 Å². The minimum Gasteiger partial charge on any atom is -0.476 e. The molecule has 0 saturated heterocycles. The van der Waals surface area contributed by atoms with E-state index in [2.05, 4.69) is 97.9 Å². The fourth-order valence-corrected chi connectivity index (χ4v) is 5.49. The molecule has 0 bridgehead atoms. The van der Waals surface area contributed by atoms with Gasteiger partial charge in [0.15, 0.2) is 0 Å². The first-order valence-electron chi connectivity index (χ1n) is 10.2. The van der Waals surface area contributed by atoms with Crippen LogP contribution in [-0.4, -0.2) is 20.6 Å². The maximum absolute atomic E-state index is 4.69. The van der Waals surface area contributed by atoms with Crippen molar-refractivity contribution < 1.29 is 0 Å². The molecular weight excluding hydrogens is 355 g/mol. The van der Waals surface area contributed by atoms with E-state index in [0.29, 0.717) is 0 Å². The van der Waals surface area contributed by atoms with E-state index in [0.717, 1.165) is 12.1 Å². The van der Waals surface area contributed by atoms with Gasteiger partial charge in [0, 0.05) is 11.9 Å². The third kappa shape index (κ3) is 6.09. The van der Waals surface area contributed by atoms with Crippen molar-refractivity contribution in [3.05, 3.63) is 95.1 Å². The van der Waals surface area contributed by atoms with E-state index in [-0.39, 0.29) is 0 Å². The molecule has 0 aliphatic heterocycles. The molecule has 0 radical (unpaired) electrons. The topological polar surface area (TPSA) is 24.4 Å². The van der Waals surface area contributed by atoms with Gasteiger partial charge >= 0.3 is 14.4 Å². The third-order valence-electron chi connectivity index (χ3n) is 5.05. The molecule has 3 rings (SSSR count). The second-order valence-corrected chi connectivity index (χ2v) is 10.5. The summed E-state index contributed by atoms with van der Waals surface area (Å²) in [6.45, 7) is 6.56. The van der Waals surface area contributed by atoms with Crippen molar-refractivity contribution in [1.82, 2.24) is 0 Å². The number of hydrogen-bond donors (Lipinski definition) is 1. The molecule has 0 aromatic heterocycles. The molecule has 3 aromatic rings. The highest BCUT2D eigenvalue weighted by Crippen LogP contribution is 2.18. The monoisotopic (exact) mass is 384 g/mol. The average Bonchev–Trinajstić information content (AvgIpc) is 2.70. The van der Waals surface area contributed by atoms with Crippen LogP contribution in [0.2, 0.25) is 10.6 Å². The Balaban J connectivity index is 1.67. The molecule has 0 amide bonds. The van der Waals surface area contributed by atoms with Crippen LogP contribution in [-0.2, 0) is 6.42 Å². The lowest BCUT2D eigenvalue weighted by atomic mass is 10.1. The van der Waals surface area contributed by atoms with Crippen molar-refractivity contribution in [2.24, 2.45) is 4.99 Å². The lowest BCUT2D eigenvalue weighted by molar-refractivity contribution is 1.09. The molecule has 0 aliphatic carbocycles. The van der Waals surface area contributed by atoms with Crippen LogP contribution in [0.4, 0.5) is 11.4 Å². The van der Waals surface area contributed by atoms with E-state index in [4.69, 9.17) is 4.99 Å². The molecule has 0 unspecified atom stereocenters. The van der Waals surface area contributed by atoms with Crippen molar-refractivity contribution in [3.63, 3.8) is 0 Å². The van der Waals surface area contributed by atoms with E-state index < -0.39 is 14.4 Å². The lowest BCUT2D eigenvalue weighted by Gasteiger charge is -2.14. The molecule has 142 valence electrons. The van der Waals surface area contributed by atoms with Crippen LogP contribution in [0.25, 0.3) is 0 Å². The van der Waals surface area contributed by atoms with Crippen LogP contribution >= 0.6 is 0 Å². The fourth-order valence-electron chi connectivity index (χ4n) is 3.42. The fraction of sp³-hybridized carbons (Fsp3) is 0.240. The zero-order chi connectivity index (χ0) is 19.8. The van der Waals surface area contributed by atoms with Crippen LogP contribution in [0.3, 0.4) is 0 Å². The minimum absolute atomic E-state index is 1.01. The second-order valence-electron chi connectivity index (χ2n) is 7.45. The van der Waals surface area contributed by atoms with Crippen molar-refractivity contribution in [1.29, 1.82) is 0 Å². The molecule has 28 heavy (non-hydrogen) atoms. The maximum atomic E-state index is 4.69. The smallest absolute Gasteiger partial charge is 0.411 e. The first-order chi connectivity index (χ1) is 13.6. The van der Waals surface area contributed by atoms with Crippen LogP contribution in [0, 0.1) is 13.8 Å². The van der Waals surface area contributed by atoms with E-state index in [1.807, 2.05) is 6.21 Å². The predicted molar refractivity (Wildman–Crippen MR) is 124 cm³/mol. The highest BCUT2D eigenvalue weighted by molar-refractivity contribution is 6.62. The first kappa shape index (κ1) is 20.4. The molecule has 2 nitrogen and oxygen atoms in total. The van der Waals surface area contributed by atoms with E-state index >= 15 is 0 Å². The Morgan fingerprint density at radius 1 is 0.893 bits per heavy atom. The molecular formula is C25H29AlN2. The van der Waals surface area contributed by atoms with Crippen LogP contribution in [0.5, 0.6) is 0 Å². The normalized spacial score (nSPS) is 11.0. The number of aliphatic imine (C=N–C) groups is 1. The molecule has 0 atom stereocenters. The Morgan fingerprint density at radius 2 is 1.64 bits per heavy atom. The standard InChI is InChI=1S/C16H16N.C7H8N.C2H5.Al/c1-3-14-8-4-5-9-15(14)12-17-16-10-6-7-13(2)11-16;1-6-3-2-4-7(8)5-6;1-2;/h4-12H,1,3H2,2H3;2-5,8H,1H3;1H2,2H3;/q;-1;;+1. The van der Waals surface area contributed by atoms with Crippen molar-refractivity contribution in [2.75, 3.05) is 4.30 Å². The Hall–Kier alpha value is -2.34. The van der Waals surface area contributed by atoms with Crippen LogP contribution in [0.1, 0.15) is 29.2 Å². The number of nitrogens with zero attached hydrogens (tertiary/aromatic N) is 1. The minimum atomic E-state index is -1.03. The Labute approximate surface area is 174 Å².